The highest BCUT2D eigenvalue weighted by Crippen LogP contribution is 2.26. The van der Waals surface area contributed by atoms with Crippen LogP contribution in [0.3, 0.4) is 0 Å². The first-order valence-corrected chi connectivity index (χ1v) is 10.6. The molecule has 1 aromatic carbocycles. The molecule has 0 saturated carbocycles. The van der Waals surface area contributed by atoms with E-state index in [1.165, 1.54) is 24.4 Å². The first-order valence-electron chi connectivity index (χ1n) is 9.12. The van der Waals surface area contributed by atoms with Crippen LogP contribution in [0.2, 0.25) is 0 Å². The number of unbranched alkanes of at least 4 members (excludes halogenated alkanes) is 1. The quantitative estimate of drug-likeness (QED) is 0.526. The molecule has 1 aromatic heterocycles. The maximum absolute atomic E-state index is 12.6. The van der Waals surface area contributed by atoms with Crippen molar-refractivity contribution in [2.75, 3.05) is 23.2 Å². The molecule has 0 aliphatic carbocycles. The Kier molecular flexibility index (Phi) is 9.44. The van der Waals surface area contributed by atoms with Gasteiger partial charge >= 0.3 is 18.1 Å². The molecule has 2 aromatic rings. The van der Waals surface area contributed by atoms with E-state index < -0.39 is 28.1 Å². The van der Waals surface area contributed by atoms with Gasteiger partial charge in [0.05, 0.1) is 16.1 Å². The highest BCUT2D eigenvalue weighted by Gasteiger charge is 2.38. The summed E-state index contributed by atoms with van der Waals surface area (Å²) in [6, 6.07) is 9.18. The van der Waals surface area contributed by atoms with Gasteiger partial charge in [0.15, 0.2) is 5.82 Å². The number of alkyl halides is 3. The number of carboxylic acid groups (broad SMARTS) is 2. The summed E-state index contributed by atoms with van der Waals surface area (Å²) in [5.74, 6) is -3.54. The summed E-state index contributed by atoms with van der Waals surface area (Å²) in [6.07, 6.45) is -1.98. The number of sulfonamides is 1. The number of carbonyl (C=O) groups is 2. The van der Waals surface area contributed by atoms with Crippen molar-refractivity contribution in [3.05, 3.63) is 48.2 Å². The molecule has 0 aliphatic rings. The second-order valence-corrected chi connectivity index (χ2v) is 8.08. The SMILES string of the molecule is CCCCN(C)c1ncc(C(=O)O)cc1NS(=O)(=O)c1ccccc1.O=C(O)C(F)(F)F. The van der Waals surface area contributed by atoms with Gasteiger partial charge in [0, 0.05) is 19.8 Å². The predicted octanol–water partition coefficient (Wildman–Crippen LogP) is 3.45. The summed E-state index contributed by atoms with van der Waals surface area (Å²) < 4.78 is 59.3. The number of carboxylic acids is 2. The van der Waals surface area contributed by atoms with Crippen LogP contribution in [0.5, 0.6) is 0 Å². The number of halogens is 3. The third-order valence-corrected chi connectivity index (χ3v) is 5.24. The van der Waals surface area contributed by atoms with Crippen LogP contribution in [0, 0.1) is 0 Å². The summed E-state index contributed by atoms with van der Waals surface area (Å²) in [5.41, 5.74) is 0.0563. The van der Waals surface area contributed by atoms with Crippen molar-refractivity contribution in [2.45, 2.75) is 30.8 Å². The minimum absolute atomic E-state index is 0.0848. The van der Waals surface area contributed by atoms with E-state index in [0.717, 1.165) is 12.8 Å². The zero-order chi connectivity index (χ0) is 24.5. The molecule has 0 aliphatic heterocycles. The number of rotatable bonds is 8. The highest BCUT2D eigenvalue weighted by molar-refractivity contribution is 7.92. The number of nitrogens with zero attached hydrogens (tertiary/aromatic N) is 2. The van der Waals surface area contributed by atoms with Crippen LogP contribution in [0.1, 0.15) is 30.1 Å². The van der Waals surface area contributed by atoms with Crippen LogP contribution < -0.4 is 9.62 Å². The molecule has 176 valence electrons. The normalized spacial score (nSPS) is 11.2. The fourth-order valence-electron chi connectivity index (χ4n) is 2.26. The number of benzene rings is 1. The lowest BCUT2D eigenvalue weighted by atomic mass is 10.2. The molecule has 0 unspecified atom stereocenters. The van der Waals surface area contributed by atoms with Crippen molar-refractivity contribution in [3.8, 4) is 0 Å². The molecule has 32 heavy (non-hydrogen) atoms. The zero-order valence-corrected chi connectivity index (χ0v) is 17.9. The van der Waals surface area contributed by atoms with E-state index in [0.29, 0.717) is 12.4 Å². The van der Waals surface area contributed by atoms with Gasteiger partial charge in [-0.3, -0.25) is 4.72 Å². The Balaban J connectivity index is 0.000000633. The molecule has 0 atom stereocenters. The molecule has 0 saturated heterocycles. The van der Waals surface area contributed by atoms with E-state index in [9.17, 15) is 26.4 Å². The average molecular weight is 477 g/mol. The average Bonchev–Trinajstić information content (AvgIpc) is 2.72. The summed E-state index contributed by atoms with van der Waals surface area (Å²) in [5, 5.41) is 16.3. The lowest BCUT2D eigenvalue weighted by Crippen LogP contribution is -2.23. The summed E-state index contributed by atoms with van der Waals surface area (Å²) in [6.45, 7) is 2.73. The molecular formula is C19H22F3N3O6S. The zero-order valence-electron chi connectivity index (χ0n) is 17.1. The van der Waals surface area contributed by atoms with Gasteiger partial charge in [0.2, 0.25) is 0 Å². The standard InChI is InChI=1S/C17H21N3O4S.C2HF3O2/c1-3-4-10-20(2)16-15(11-13(12-18-16)17(21)22)19-25(23,24)14-8-6-5-7-9-14;3-2(4,5)1(6)7/h5-9,11-12,19H,3-4,10H2,1-2H3,(H,21,22);(H,6,7). The monoisotopic (exact) mass is 477 g/mol. The van der Waals surface area contributed by atoms with Crippen LogP contribution in [0.25, 0.3) is 0 Å². The van der Waals surface area contributed by atoms with E-state index in [4.69, 9.17) is 15.0 Å². The predicted molar refractivity (Wildman–Crippen MR) is 110 cm³/mol. The second kappa shape index (κ2) is 11.3. The van der Waals surface area contributed by atoms with Crippen molar-refractivity contribution in [2.24, 2.45) is 0 Å². The van der Waals surface area contributed by atoms with Crippen molar-refractivity contribution in [1.29, 1.82) is 0 Å². The number of anilines is 2. The Morgan fingerprint density at radius 3 is 2.19 bits per heavy atom. The minimum Gasteiger partial charge on any atom is -0.478 e. The maximum Gasteiger partial charge on any atom is 0.490 e. The lowest BCUT2D eigenvalue weighted by Gasteiger charge is -2.21. The number of hydrogen-bond donors (Lipinski definition) is 3. The van der Waals surface area contributed by atoms with Gasteiger partial charge in [-0.25, -0.2) is 23.0 Å². The van der Waals surface area contributed by atoms with Crippen molar-refractivity contribution in [3.63, 3.8) is 0 Å². The molecule has 9 nitrogen and oxygen atoms in total. The smallest absolute Gasteiger partial charge is 0.478 e. The Labute approximate surface area is 182 Å². The molecule has 0 amide bonds. The highest BCUT2D eigenvalue weighted by atomic mass is 32.2. The second-order valence-electron chi connectivity index (χ2n) is 6.40. The van der Waals surface area contributed by atoms with Crippen molar-refractivity contribution in [1.82, 2.24) is 4.98 Å². The number of aliphatic carboxylic acids is 1. The number of aromatic nitrogens is 1. The molecule has 0 bridgehead atoms. The van der Waals surface area contributed by atoms with Crippen molar-refractivity contribution < 1.29 is 41.4 Å². The van der Waals surface area contributed by atoms with Crippen LogP contribution >= 0.6 is 0 Å². The third-order valence-electron chi connectivity index (χ3n) is 3.86. The lowest BCUT2D eigenvalue weighted by molar-refractivity contribution is -0.192. The first-order chi connectivity index (χ1) is 14.8. The number of aromatic carboxylic acids is 1. The maximum atomic E-state index is 12.6. The summed E-state index contributed by atoms with van der Waals surface area (Å²) in [7, 11) is -2.05. The molecule has 0 fully saturated rings. The van der Waals surface area contributed by atoms with Crippen LogP contribution in [0.4, 0.5) is 24.7 Å². The molecular weight excluding hydrogens is 455 g/mol. The summed E-state index contributed by atoms with van der Waals surface area (Å²) in [4.78, 5) is 26.2. The van der Waals surface area contributed by atoms with Gasteiger partial charge in [0.25, 0.3) is 10.0 Å². The molecule has 1 heterocycles. The summed E-state index contributed by atoms with van der Waals surface area (Å²) >= 11 is 0. The number of hydrogen-bond acceptors (Lipinski definition) is 6. The van der Waals surface area contributed by atoms with E-state index in [1.54, 1.807) is 30.1 Å². The Morgan fingerprint density at radius 1 is 1.16 bits per heavy atom. The topological polar surface area (TPSA) is 137 Å². The van der Waals surface area contributed by atoms with Gasteiger partial charge in [-0.2, -0.15) is 13.2 Å². The molecule has 3 N–H and O–H groups in total. The molecule has 13 heteroatoms. The fraction of sp³-hybridized carbons (Fsp3) is 0.316. The Bertz CT molecular complexity index is 1030. The minimum atomic E-state index is -5.08. The van der Waals surface area contributed by atoms with E-state index in [2.05, 4.69) is 9.71 Å². The van der Waals surface area contributed by atoms with E-state index >= 15 is 0 Å². The van der Waals surface area contributed by atoms with Gasteiger partial charge in [-0.1, -0.05) is 31.5 Å². The van der Waals surface area contributed by atoms with Gasteiger partial charge in [-0.05, 0) is 24.6 Å². The van der Waals surface area contributed by atoms with E-state index in [-0.39, 0.29) is 16.1 Å². The van der Waals surface area contributed by atoms with Crippen LogP contribution in [-0.4, -0.2) is 55.3 Å². The van der Waals surface area contributed by atoms with Gasteiger partial charge in [-0.15, -0.1) is 0 Å². The molecule has 2 rings (SSSR count). The Hall–Kier alpha value is -3.35. The first kappa shape index (κ1) is 26.7. The largest absolute Gasteiger partial charge is 0.490 e. The van der Waals surface area contributed by atoms with Gasteiger partial charge in [0.1, 0.15) is 0 Å². The van der Waals surface area contributed by atoms with E-state index in [1.807, 2.05) is 6.92 Å². The number of pyridine rings is 1. The van der Waals surface area contributed by atoms with Gasteiger partial charge < -0.3 is 15.1 Å². The van der Waals surface area contributed by atoms with Crippen LogP contribution in [0.15, 0.2) is 47.5 Å². The molecule has 0 radical (unpaired) electrons. The van der Waals surface area contributed by atoms with Crippen molar-refractivity contribution >= 4 is 33.5 Å². The molecule has 0 spiro atoms. The third kappa shape index (κ3) is 8.06. The Morgan fingerprint density at radius 2 is 1.72 bits per heavy atom. The number of nitrogens with one attached hydrogen (secondary N) is 1. The fourth-order valence-corrected chi connectivity index (χ4v) is 3.33. The van der Waals surface area contributed by atoms with Crippen LogP contribution in [-0.2, 0) is 14.8 Å².